The molecule has 4 rings (SSSR count). The number of aromatic nitrogens is 1. The molecule has 21 heavy (non-hydrogen) atoms. The van der Waals surface area contributed by atoms with E-state index in [0.29, 0.717) is 0 Å². The lowest BCUT2D eigenvalue weighted by Crippen LogP contribution is -1.89. The Morgan fingerprint density at radius 3 is 1.90 bits per heavy atom. The average Bonchev–Trinajstić information content (AvgIpc) is 3.28. The zero-order valence-electron chi connectivity index (χ0n) is 11.0. The summed E-state index contributed by atoms with van der Waals surface area (Å²) in [6.07, 6.45) is 1.92. The molecule has 102 valence electrons. The second-order valence-corrected chi connectivity index (χ2v) is 7.36. The van der Waals surface area contributed by atoms with Gasteiger partial charge in [0.1, 0.15) is 0 Å². The van der Waals surface area contributed by atoms with E-state index in [1.165, 1.54) is 25.8 Å². The minimum atomic E-state index is 1.08. The normalized spacial score (nSPS) is 10.9. The van der Waals surface area contributed by atoms with Crippen LogP contribution in [-0.4, -0.2) is 4.98 Å². The van der Waals surface area contributed by atoms with Gasteiger partial charge in [-0.3, -0.25) is 4.98 Å². The van der Waals surface area contributed by atoms with E-state index in [2.05, 4.69) is 63.6 Å². The first-order chi connectivity index (χ1) is 10.4. The standard InChI is InChI=1S/C17H11NS3/c1-4-13(19-9-1)12-7-8-18-17(15-6-3-11-21-15)16(12)14-5-2-10-20-14/h1-11H. The Balaban J connectivity index is 2.03. The highest BCUT2D eigenvalue weighted by atomic mass is 32.1. The van der Waals surface area contributed by atoms with Crippen LogP contribution in [0.3, 0.4) is 0 Å². The third kappa shape index (κ3) is 2.35. The summed E-state index contributed by atoms with van der Waals surface area (Å²) in [5.41, 5.74) is 3.60. The number of hydrogen-bond donors (Lipinski definition) is 0. The molecular weight excluding hydrogens is 314 g/mol. The second-order valence-electron chi connectivity index (χ2n) is 4.51. The largest absolute Gasteiger partial charge is 0.255 e. The fourth-order valence-electron chi connectivity index (χ4n) is 2.37. The van der Waals surface area contributed by atoms with E-state index in [9.17, 15) is 0 Å². The lowest BCUT2D eigenvalue weighted by molar-refractivity contribution is 1.35. The first-order valence-electron chi connectivity index (χ1n) is 6.54. The van der Waals surface area contributed by atoms with Gasteiger partial charge in [0.05, 0.1) is 10.6 Å². The first kappa shape index (κ1) is 13.0. The molecule has 0 saturated heterocycles. The van der Waals surface area contributed by atoms with Gasteiger partial charge < -0.3 is 0 Å². The van der Waals surface area contributed by atoms with Gasteiger partial charge in [-0.15, -0.1) is 34.0 Å². The van der Waals surface area contributed by atoms with Crippen LogP contribution in [0, 0.1) is 0 Å². The summed E-state index contributed by atoms with van der Waals surface area (Å²) in [7, 11) is 0. The van der Waals surface area contributed by atoms with Crippen LogP contribution in [0.5, 0.6) is 0 Å². The minimum Gasteiger partial charge on any atom is -0.255 e. The SMILES string of the molecule is c1csc(-c2ccnc(-c3cccs3)c2-c2cccs2)c1. The number of pyridine rings is 1. The zero-order valence-corrected chi connectivity index (χ0v) is 13.5. The summed E-state index contributed by atoms with van der Waals surface area (Å²) in [5.74, 6) is 0. The molecule has 0 fully saturated rings. The highest BCUT2D eigenvalue weighted by molar-refractivity contribution is 7.15. The summed E-state index contributed by atoms with van der Waals surface area (Å²) < 4.78 is 0. The molecule has 4 aromatic heterocycles. The van der Waals surface area contributed by atoms with Crippen molar-refractivity contribution in [3.05, 3.63) is 64.8 Å². The fourth-order valence-corrected chi connectivity index (χ4v) is 4.64. The van der Waals surface area contributed by atoms with Crippen molar-refractivity contribution in [1.29, 1.82) is 0 Å². The average molecular weight is 325 g/mol. The van der Waals surface area contributed by atoms with E-state index in [-0.39, 0.29) is 0 Å². The summed E-state index contributed by atoms with van der Waals surface area (Å²) in [5, 5.41) is 6.35. The monoisotopic (exact) mass is 325 g/mol. The predicted molar refractivity (Wildman–Crippen MR) is 94.2 cm³/mol. The number of thiophene rings is 3. The van der Waals surface area contributed by atoms with Crippen molar-refractivity contribution in [1.82, 2.24) is 4.98 Å². The maximum absolute atomic E-state index is 4.67. The Kier molecular flexibility index (Phi) is 3.43. The highest BCUT2D eigenvalue weighted by Crippen LogP contribution is 2.42. The van der Waals surface area contributed by atoms with Crippen LogP contribution in [0.15, 0.2) is 64.8 Å². The van der Waals surface area contributed by atoms with Crippen LogP contribution >= 0.6 is 34.0 Å². The lowest BCUT2D eigenvalue weighted by atomic mass is 10.0. The van der Waals surface area contributed by atoms with Crippen molar-refractivity contribution in [2.75, 3.05) is 0 Å². The second kappa shape index (κ2) is 5.56. The molecule has 4 heterocycles. The van der Waals surface area contributed by atoms with Gasteiger partial charge in [-0.05, 0) is 40.4 Å². The number of rotatable bonds is 3. The molecule has 1 nitrogen and oxygen atoms in total. The zero-order chi connectivity index (χ0) is 14.1. The molecule has 0 saturated carbocycles. The summed E-state index contributed by atoms with van der Waals surface area (Å²) in [6.45, 7) is 0. The van der Waals surface area contributed by atoms with Crippen molar-refractivity contribution < 1.29 is 0 Å². The van der Waals surface area contributed by atoms with Crippen LogP contribution in [0.25, 0.3) is 31.5 Å². The third-order valence-electron chi connectivity index (χ3n) is 3.26. The van der Waals surface area contributed by atoms with Gasteiger partial charge in [0.15, 0.2) is 0 Å². The van der Waals surface area contributed by atoms with Crippen molar-refractivity contribution >= 4 is 34.0 Å². The molecule has 0 N–H and O–H groups in total. The van der Waals surface area contributed by atoms with E-state index >= 15 is 0 Å². The van der Waals surface area contributed by atoms with Gasteiger partial charge in [0, 0.05) is 27.1 Å². The molecule has 0 spiro atoms. The van der Waals surface area contributed by atoms with Crippen molar-refractivity contribution in [2.45, 2.75) is 0 Å². The Labute approximate surface area is 135 Å². The third-order valence-corrected chi connectivity index (χ3v) is 5.93. The molecule has 0 aliphatic rings. The summed E-state index contributed by atoms with van der Waals surface area (Å²) in [4.78, 5) is 8.45. The van der Waals surface area contributed by atoms with Crippen LogP contribution in [0.2, 0.25) is 0 Å². The van der Waals surface area contributed by atoms with E-state index in [0.717, 1.165) is 5.69 Å². The van der Waals surface area contributed by atoms with E-state index in [1.54, 1.807) is 34.0 Å². The quantitative estimate of drug-likeness (QED) is 0.433. The van der Waals surface area contributed by atoms with Crippen LogP contribution in [0.1, 0.15) is 0 Å². The predicted octanol–water partition coefficient (Wildman–Crippen LogP) is 6.27. The fraction of sp³-hybridized carbons (Fsp3) is 0. The molecule has 0 aliphatic carbocycles. The molecular formula is C17H11NS3. The van der Waals surface area contributed by atoms with Gasteiger partial charge in [0.25, 0.3) is 0 Å². The van der Waals surface area contributed by atoms with E-state index < -0.39 is 0 Å². The lowest BCUT2D eigenvalue weighted by Gasteiger charge is -2.11. The van der Waals surface area contributed by atoms with Gasteiger partial charge in [-0.1, -0.05) is 18.2 Å². The van der Waals surface area contributed by atoms with Crippen LogP contribution in [0.4, 0.5) is 0 Å². The highest BCUT2D eigenvalue weighted by Gasteiger charge is 2.16. The van der Waals surface area contributed by atoms with E-state index in [4.69, 9.17) is 0 Å². The Morgan fingerprint density at radius 2 is 1.29 bits per heavy atom. The van der Waals surface area contributed by atoms with Crippen molar-refractivity contribution in [3.8, 4) is 31.5 Å². The van der Waals surface area contributed by atoms with Crippen molar-refractivity contribution in [2.24, 2.45) is 0 Å². The van der Waals surface area contributed by atoms with Gasteiger partial charge in [-0.2, -0.15) is 0 Å². The molecule has 0 aromatic carbocycles. The molecule has 0 radical (unpaired) electrons. The Bertz CT molecular complexity index is 776. The molecule has 0 atom stereocenters. The van der Waals surface area contributed by atoms with Crippen molar-refractivity contribution in [3.63, 3.8) is 0 Å². The smallest absolute Gasteiger partial charge is 0.0894 e. The van der Waals surface area contributed by atoms with Gasteiger partial charge in [-0.25, -0.2) is 0 Å². The maximum Gasteiger partial charge on any atom is 0.0894 e. The molecule has 4 aromatic rings. The Morgan fingerprint density at radius 1 is 0.667 bits per heavy atom. The molecule has 0 amide bonds. The van der Waals surface area contributed by atoms with Gasteiger partial charge >= 0.3 is 0 Å². The minimum absolute atomic E-state index is 1.08. The topological polar surface area (TPSA) is 12.9 Å². The van der Waals surface area contributed by atoms with Crippen LogP contribution < -0.4 is 0 Å². The van der Waals surface area contributed by atoms with Gasteiger partial charge in [0.2, 0.25) is 0 Å². The number of hydrogen-bond acceptors (Lipinski definition) is 4. The van der Waals surface area contributed by atoms with Crippen LogP contribution in [-0.2, 0) is 0 Å². The summed E-state index contributed by atoms with van der Waals surface area (Å²) >= 11 is 5.28. The summed E-state index contributed by atoms with van der Waals surface area (Å²) in [6, 6.07) is 14.9. The van der Waals surface area contributed by atoms with E-state index in [1.807, 2.05) is 6.20 Å². The Hall–Kier alpha value is -1.75. The number of nitrogens with zero attached hydrogens (tertiary/aromatic N) is 1. The maximum atomic E-state index is 4.67. The molecule has 0 unspecified atom stereocenters. The molecule has 0 bridgehead atoms. The molecule has 4 heteroatoms. The first-order valence-corrected chi connectivity index (χ1v) is 9.18. The molecule has 0 aliphatic heterocycles.